The standard InChI is InChI=1S/C24H28N2O3S/c1-15(2)29-20-12-11-19(14-21(20)28-5)16(3)26-24(27)23-17(4)25-22(30-23)13-18-9-7-6-8-10-18/h6-12,14-16H,13H2,1-5H3,(H,26,27). The van der Waals surface area contributed by atoms with Gasteiger partial charge in [0.1, 0.15) is 4.88 Å². The van der Waals surface area contributed by atoms with Crippen LogP contribution in [0.3, 0.4) is 0 Å². The third-order valence-electron chi connectivity index (χ3n) is 4.64. The molecular weight excluding hydrogens is 396 g/mol. The van der Waals surface area contributed by atoms with E-state index >= 15 is 0 Å². The summed E-state index contributed by atoms with van der Waals surface area (Å²) in [6.45, 7) is 7.78. The average Bonchev–Trinajstić information content (AvgIpc) is 3.08. The monoisotopic (exact) mass is 424 g/mol. The molecule has 1 unspecified atom stereocenters. The second-order valence-electron chi connectivity index (χ2n) is 7.46. The summed E-state index contributed by atoms with van der Waals surface area (Å²) in [4.78, 5) is 18.1. The van der Waals surface area contributed by atoms with Gasteiger partial charge in [-0.1, -0.05) is 36.4 Å². The van der Waals surface area contributed by atoms with E-state index in [1.165, 1.54) is 16.9 Å². The Hall–Kier alpha value is -2.86. The second-order valence-corrected chi connectivity index (χ2v) is 8.54. The molecule has 3 aromatic rings. The van der Waals surface area contributed by atoms with E-state index in [0.29, 0.717) is 16.4 Å². The Morgan fingerprint density at radius 1 is 1.10 bits per heavy atom. The first-order valence-electron chi connectivity index (χ1n) is 10.0. The Morgan fingerprint density at radius 3 is 2.50 bits per heavy atom. The van der Waals surface area contributed by atoms with E-state index < -0.39 is 0 Å². The van der Waals surface area contributed by atoms with Crippen LogP contribution in [0.25, 0.3) is 0 Å². The predicted molar refractivity (Wildman–Crippen MR) is 121 cm³/mol. The van der Waals surface area contributed by atoms with Crippen LogP contribution >= 0.6 is 11.3 Å². The summed E-state index contributed by atoms with van der Waals surface area (Å²) in [5, 5.41) is 4.02. The zero-order valence-electron chi connectivity index (χ0n) is 18.1. The van der Waals surface area contributed by atoms with Crippen LogP contribution in [0.15, 0.2) is 48.5 Å². The minimum Gasteiger partial charge on any atom is -0.493 e. The number of rotatable bonds is 8. The van der Waals surface area contributed by atoms with Crippen LogP contribution in [0.4, 0.5) is 0 Å². The van der Waals surface area contributed by atoms with Gasteiger partial charge in [-0.3, -0.25) is 4.79 Å². The largest absolute Gasteiger partial charge is 0.493 e. The number of aromatic nitrogens is 1. The number of nitrogens with one attached hydrogen (secondary N) is 1. The van der Waals surface area contributed by atoms with Crippen molar-refractivity contribution in [3.8, 4) is 11.5 Å². The van der Waals surface area contributed by atoms with Gasteiger partial charge in [0, 0.05) is 6.42 Å². The van der Waals surface area contributed by atoms with E-state index in [0.717, 1.165) is 22.7 Å². The number of hydrogen-bond acceptors (Lipinski definition) is 5. The third kappa shape index (κ3) is 5.39. The van der Waals surface area contributed by atoms with Crippen LogP contribution in [0, 0.1) is 6.92 Å². The molecule has 0 fully saturated rings. The van der Waals surface area contributed by atoms with E-state index in [1.807, 2.05) is 64.1 Å². The van der Waals surface area contributed by atoms with Crippen LogP contribution in [-0.4, -0.2) is 24.1 Å². The highest BCUT2D eigenvalue weighted by Gasteiger charge is 2.19. The highest BCUT2D eigenvalue weighted by molar-refractivity contribution is 7.13. The SMILES string of the molecule is COc1cc(C(C)NC(=O)c2sc(Cc3ccccc3)nc2C)ccc1OC(C)C. The molecule has 0 aliphatic heterocycles. The molecule has 1 N–H and O–H groups in total. The van der Waals surface area contributed by atoms with Crippen molar-refractivity contribution >= 4 is 17.2 Å². The molecule has 6 heteroatoms. The van der Waals surface area contributed by atoms with Gasteiger partial charge < -0.3 is 14.8 Å². The van der Waals surface area contributed by atoms with E-state index in [1.54, 1.807) is 7.11 Å². The van der Waals surface area contributed by atoms with Gasteiger partial charge in [-0.25, -0.2) is 4.98 Å². The first kappa shape index (κ1) is 21.8. The lowest BCUT2D eigenvalue weighted by Gasteiger charge is -2.18. The van der Waals surface area contributed by atoms with Gasteiger partial charge in [-0.15, -0.1) is 11.3 Å². The quantitative estimate of drug-likeness (QED) is 0.531. The maximum Gasteiger partial charge on any atom is 0.263 e. The van der Waals surface area contributed by atoms with Crippen LogP contribution in [-0.2, 0) is 6.42 Å². The van der Waals surface area contributed by atoms with E-state index in [2.05, 4.69) is 22.4 Å². The molecule has 0 aliphatic rings. The van der Waals surface area contributed by atoms with Crippen molar-refractivity contribution in [3.63, 3.8) is 0 Å². The molecule has 5 nitrogen and oxygen atoms in total. The van der Waals surface area contributed by atoms with Crippen LogP contribution in [0.5, 0.6) is 11.5 Å². The van der Waals surface area contributed by atoms with Crippen molar-refractivity contribution in [1.82, 2.24) is 10.3 Å². The summed E-state index contributed by atoms with van der Waals surface area (Å²) >= 11 is 1.45. The lowest BCUT2D eigenvalue weighted by Crippen LogP contribution is -2.26. The Labute approximate surface area is 182 Å². The van der Waals surface area contributed by atoms with Gasteiger partial charge in [0.05, 0.1) is 30.0 Å². The number of benzene rings is 2. The first-order valence-corrected chi connectivity index (χ1v) is 10.8. The highest BCUT2D eigenvalue weighted by Crippen LogP contribution is 2.31. The summed E-state index contributed by atoms with van der Waals surface area (Å²) < 4.78 is 11.2. The Kier molecular flexibility index (Phi) is 7.11. The molecule has 1 aromatic heterocycles. The normalized spacial score (nSPS) is 11.9. The molecule has 158 valence electrons. The van der Waals surface area contributed by atoms with Crippen molar-refractivity contribution in [2.45, 2.75) is 46.3 Å². The number of thiazole rings is 1. The predicted octanol–water partition coefficient (Wildman–Crippen LogP) is 5.33. The van der Waals surface area contributed by atoms with Crippen molar-refractivity contribution in [3.05, 3.63) is 75.2 Å². The van der Waals surface area contributed by atoms with Gasteiger partial charge in [0.25, 0.3) is 5.91 Å². The molecule has 0 aliphatic carbocycles. The average molecular weight is 425 g/mol. The first-order chi connectivity index (χ1) is 14.4. The Balaban J connectivity index is 1.71. The lowest BCUT2D eigenvalue weighted by atomic mass is 10.1. The van der Waals surface area contributed by atoms with Crippen molar-refractivity contribution in [2.24, 2.45) is 0 Å². The Bertz CT molecular complexity index is 999. The molecular formula is C24H28N2O3S. The molecule has 1 amide bonds. The molecule has 0 saturated heterocycles. The van der Waals surface area contributed by atoms with Crippen LogP contribution < -0.4 is 14.8 Å². The molecule has 0 saturated carbocycles. The minimum atomic E-state index is -0.182. The summed E-state index contributed by atoms with van der Waals surface area (Å²) in [7, 11) is 1.62. The van der Waals surface area contributed by atoms with Gasteiger partial charge in [-0.2, -0.15) is 0 Å². The molecule has 30 heavy (non-hydrogen) atoms. The van der Waals surface area contributed by atoms with E-state index in [-0.39, 0.29) is 18.1 Å². The second kappa shape index (κ2) is 9.76. The van der Waals surface area contributed by atoms with Crippen molar-refractivity contribution < 1.29 is 14.3 Å². The smallest absolute Gasteiger partial charge is 0.263 e. The number of carbonyl (C=O) groups excluding carboxylic acids is 1. The van der Waals surface area contributed by atoms with Crippen molar-refractivity contribution in [1.29, 1.82) is 0 Å². The number of ether oxygens (including phenoxy) is 2. The lowest BCUT2D eigenvalue weighted by molar-refractivity contribution is 0.0943. The van der Waals surface area contributed by atoms with Crippen molar-refractivity contribution in [2.75, 3.05) is 7.11 Å². The summed E-state index contributed by atoms with van der Waals surface area (Å²) in [6, 6.07) is 15.7. The summed E-state index contributed by atoms with van der Waals surface area (Å²) in [6.07, 6.45) is 0.783. The zero-order chi connectivity index (χ0) is 21.7. The van der Waals surface area contributed by atoms with Gasteiger partial charge >= 0.3 is 0 Å². The fourth-order valence-corrected chi connectivity index (χ4v) is 4.16. The van der Waals surface area contributed by atoms with Crippen LogP contribution in [0.1, 0.15) is 58.3 Å². The number of aryl methyl sites for hydroxylation is 1. The van der Waals surface area contributed by atoms with Gasteiger partial charge in [0.2, 0.25) is 0 Å². The fourth-order valence-electron chi connectivity index (χ4n) is 3.16. The van der Waals surface area contributed by atoms with Crippen LogP contribution in [0.2, 0.25) is 0 Å². The molecule has 2 aromatic carbocycles. The molecule has 0 radical (unpaired) electrons. The summed E-state index contributed by atoms with van der Waals surface area (Å²) in [5.41, 5.74) is 2.89. The molecule has 1 heterocycles. The molecule has 3 rings (SSSR count). The number of methoxy groups -OCH3 is 1. The maximum atomic E-state index is 12.9. The fraction of sp³-hybridized carbons (Fsp3) is 0.333. The highest BCUT2D eigenvalue weighted by atomic mass is 32.1. The number of nitrogens with zero attached hydrogens (tertiary/aromatic N) is 1. The molecule has 0 bridgehead atoms. The van der Waals surface area contributed by atoms with E-state index in [4.69, 9.17) is 9.47 Å². The number of hydrogen-bond donors (Lipinski definition) is 1. The topological polar surface area (TPSA) is 60.5 Å². The maximum absolute atomic E-state index is 12.9. The summed E-state index contributed by atoms with van der Waals surface area (Å²) in [5.74, 6) is 1.23. The molecule has 1 atom stereocenters. The number of carbonyl (C=O) groups is 1. The zero-order valence-corrected chi connectivity index (χ0v) is 18.9. The number of amides is 1. The van der Waals surface area contributed by atoms with Gasteiger partial charge in [-0.05, 0) is 51.0 Å². The Morgan fingerprint density at radius 2 is 1.83 bits per heavy atom. The molecule has 0 spiro atoms. The third-order valence-corrected chi connectivity index (χ3v) is 5.80. The van der Waals surface area contributed by atoms with E-state index in [9.17, 15) is 4.79 Å². The minimum absolute atomic E-state index is 0.0567. The van der Waals surface area contributed by atoms with Gasteiger partial charge in [0.15, 0.2) is 11.5 Å².